The number of anilines is 3. The molecule has 3 aromatic heterocycles. The number of rotatable bonds is 6. The maximum absolute atomic E-state index is 13.5. The molecule has 206 valence electrons. The highest BCUT2D eigenvalue weighted by atomic mass is 16.2. The minimum Gasteiger partial charge on any atom is -0.343 e. The molecule has 10 nitrogen and oxygen atoms in total. The van der Waals surface area contributed by atoms with E-state index in [0.717, 1.165) is 68.6 Å². The Hall–Kier alpha value is -3.53. The first-order valence-electron chi connectivity index (χ1n) is 14.3. The summed E-state index contributed by atoms with van der Waals surface area (Å²) in [6.45, 7) is 3.32. The first-order chi connectivity index (χ1) is 18.9. The second-order valence-electron chi connectivity index (χ2n) is 11.6. The molecule has 0 unspecified atom stereocenters. The number of fused-ring (bicyclic) bond motifs is 1. The zero-order valence-corrected chi connectivity index (χ0v) is 22.9. The molecule has 10 heteroatoms. The van der Waals surface area contributed by atoms with E-state index in [9.17, 15) is 9.59 Å². The van der Waals surface area contributed by atoms with Crippen molar-refractivity contribution >= 4 is 40.3 Å². The molecular formula is C29H38N8O2. The van der Waals surface area contributed by atoms with Gasteiger partial charge in [-0.05, 0) is 75.7 Å². The normalized spacial score (nSPS) is 19.6. The van der Waals surface area contributed by atoms with Crippen LogP contribution in [0.2, 0.25) is 0 Å². The van der Waals surface area contributed by atoms with E-state index < -0.39 is 0 Å². The van der Waals surface area contributed by atoms with Crippen LogP contribution in [0.1, 0.15) is 61.9 Å². The van der Waals surface area contributed by atoms with Gasteiger partial charge >= 0.3 is 0 Å². The average Bonchev–Trinajstić information content (AvgIpc) is 3.59. The molecule has 3 aliphatic rings. The largest absolute Gasteiger partial charge is 0.343 e. The number of nitrogens with one attached hydrogen (secondary N) is 2. The van der Waals surface area contributed by atoms with Crippen LogP contribution in [-0.4, -0.2) is 70.0 Å². The van der Waals surface area contributed by atoms with E-state index in [2.05, 4.69) is 25.2 Å². The van der Waals surface area contributed by atoms with Crippen LogP contribution in [0, 0.1) is 11.3 Å². The fourth-order valence-corrected chi connectivity index (χ4v) is 6.56. The van der Waals surface area contributed by atoms with E-state index in [1.54, 1.807) is 31.4 Å². The standard InChI is InChI=1S/C29H38N8O2/c1-35(2)26(38)23-16-21-17-32-28(34-25(21)37(23)19-20-6-3-4-7-20)33-24-9-8-22(18-31-24)36-15-5-10-29(27(36)39)11-13-30-14-12-29/h8-9,16-18,20,30H,3-7,10-15,19H2,1-2H3,(H,31,32,33,34). The molecular weight excluding hydrogens is 492 g/mol. The second-order valence-corrected chi connectivity index (χ2v) is 11.6. The molecule has 1 saturated carbocycles. The Morgan fingerprint density at radius 1 is 1.10 bits per heavy atom. The minimum absolute atomic E-state index is 0.0312. The van der Waals surface area contributed by atoms with Crippen LogP contribution in [0.5, 0.6) is 0 Å². The number of carbonyl (C=O) groups excluding carboxylic acids is 2. The van der Waals surface area contributed by atoms with E-state index in [-0.39, 0.29) is 17.2 Å². The molecule has 39 heavy (non-hydrogen) atoms. The van der Waals surface area contributed by atoms with Crippen LogP contribution in [0.25, 0.3) is 11.0 Å². The summed E-state index contributed by atoms with van der Waals surface area (Å²) >= 11 is 0. The van der Waals surface area contributed by atoms with Crippen molar-refractivity contribution in [3.05, 3.63) is 36.3 Å². The van der Waals surface area contributed by atoms with E-state index in [4.69, 9.17) is 4.98 Å². The van der Waals surface area contributed by atoms with Crippen molar-refractivity contribution < 1.29 is 9.59 Å². The van der Waals surface area contributed by atoms with Gasteiger partial charge in [0.2, 0.25) is 11.9 Å². The van der Waals surface area contributed by atoms with Gasteiger partial charge in [0.15, 0.2) is 0 Å². The maximum Gasteiger partial charge on any atom is 0.270 e. The van der Waals surface area contributed by atoms with Crippen LogP contribution in [0.4, 0.5) is 17.5 Å². The summed E-state index contributed by atoms with van der Waals surface area (Å²) in [4.78, 5) is 43.9. The highest BCUT2D eigenvalue weighted by Gasteiger charge is 2.44. The molecule has 3 aromatic rings. The monoisotopic (exact) mass is 530 g/mol. The molecule has 2 saturated heterocycles. The van der Waals surface area contributed by atoms with Crippen molar-refractivity contribution in [3.8, 4) is 0 Å². The summed E-state index contributed by atoms with van der Waals surface area (Å²) in [5, 5.41) is 7.45. The van der Waals surface area contributed by atoms with Gasteiger partial charge in [0.25, 0.3) is 5.91 Å². The summed E-state index contributed by atoms with van der Waals surface area (Å²) in [5.74, 6) is 1.79. The van der Waals surface area contributed by atoms with Crippen molar-refractivity contribution in [1.29, 1.82) is 0 Å². The third kappa shape index (κ3) is 4.97. The SMILES string of the molecule is CN(C)C(=O)c1cc2cnc(Nc3ccc(N4CCCC5(CCNCC5)C4=O)cn3)nc2n1CC1CCCC1. The van der Waals surface area contributed by atoms with Crippen molar-refractivity contribution in [3.63, 3.8) is 0 Å². The van der Waals surface area contributed by atoms with Gasteiger partial charge in [0, 0.05) is 38.8 Å². The lowest BCUT2D eigenvalue weighted by Crippen LogP contribution is -2.53. The smallest absolute Gasteiger partial charge is 0.270 e. The van der Waals surface area contributed by atoms with Gasteiger partial charge in [0.05, 0.1) is 17.3 Å². The van der Waals surface area contributed by atoms with Crippen molar-refractivity contribution in [2.45, 2.75) is 57.9 Å². The van der Waals surface area contributed by atoms with Gasteiger partial charge in [-0.2, -0.15) is 4.98 Å². The van der Waals surface area contributed by atoms with Crippen molar-refractivity contribution in [2.75, 3.05) is 43.9 Å². The van der Waals surface area contributed by atoms with Gasteiger partial charge < -0.3 is 25.0 Å². The molecule has 6 rings (SSSR count). The van der Waals surface area contributed by atoms with Gasteiger partial charge in [-0.15, -0.1) is 0 Å². The first-order valence-corrected chi connectivity index (χ1v) is 14.3. The number of hydrogen-bond donors (Lipinski definition) is 2. The molecule has 0 bridgehead atoms. The van der Waals surface area contributed by atoms with Gasteiger partial charge in [-0.1, -0.05) is 12.8 Å². The van der Waals surface area contributed by atoms with Gasteiger partial charge in [-0.25, -0.2) is 9.97 Å². The third-order valence-electron chi connectivity index (χ3n) is 8.77. The number of nitrogens with zero attached hydrogens (tertiary/aromatic N) is 6. The summed E-state index contributed by atoms with van der Waals surface area (Å²) in [7, 11) is 3.55. The molecule has 2 aliphatic heterocycles. The minimum atomic E-state index is -0.232. The van der Waals surface area contributed by atoms with Crippen LogP contribution in [0.15, 0.2) is 30.6 Å². The summed E-state index contributed by atoms with van der Waals surface area (Å²) in [6.07, 6.45) is 12.2. The van der Waals surface area contributed by atoms with E-state index in [1.807, 2.05) is 23.1 Å². The molecule has 1 spiro atoms. The first kappa shape index (κ1) is 25.7. The Morgan fingerprint density at radius 2 is 1.90 bits per heavy atom. The van der Waals surface area contributed by atoms with Crippen LogP contribution in [0.3, 0.4) is 0 Å². The molecule has 0 atom stereocenters. The Labute approximate surface area is 229 Å². The number of aromatic nitrogens is 4. The van der Waals surface area contributed by atoms with E-state index in [0.29, 0.717) is 23.4 Å². The summed E-state index contributed by atoms with van der Waals surface area (Å²) in [6, 6.07) is 5.72. The second kappa shape index (κ2) is 10.6. The fraction of sp³-hybridized carbons (Fsp3) is 0.552. The molecule has 2 amide bonds. The van der Waals surface area contributed by atoms with Gasteiger partial charge in [-0.3, -0.25) is 9.59 Å². The lowest BCUT2D eigenvalue weighted by Gasteiger charge is -2.44. The summed E-state index contributed by atoms with van der Waals surface area (Å²) < 4.78 is 2.07. The van der Waals surface area contributed by atoms with Crippen molar-refractivity contribution in [2.24, 2.45) is 11.3 Å². The van der Waals surface area contributed by atoms with Crippen LogP contribution in [-0.2, 0) is 11.3 Å². The Morgan fingerprint density at radius 3 is 2.62 bits per heavy atom. The Bertz CT molecular complexity index is 1350. The molecule has 0 radical (unpaired) electrons. The fourth-order valence-electron chi connectivity index (χ4n) is 6.56. The molecule has 2 N–H and O–H groups in total. The Kier molecular flexibility index (Phi) is 6.97. The zero-order valence-electron chi connectivity index (χ0n) is 22.9. The van der Waals surface area contributed by atoms with Crippen molar-refractivity contribution in [1.82, 2.24) is 29.7 Å². The molecule has 5 heterocycles. The number of carbonyl (C=O) groups is 2. The maximum atomic E-state index is 13.5. The average molecular weight is 531 g/mol. The topological polar surface area (TPSA) is 108 Å². The number of piperidine rings is 2. The lowest BCUT2D eigenvalue weighted by atomic mass is 9.72. The highest BCUT2D eigenvalue weighted by Crippen LogP contribution is 2.40. The number of pyridine rings is 1. The number of amides is 2. The molecule has 3 fully saturated rings. The molecule has 1 aliphatic carbocycles. The number of hydrogen-bond acceptors (Lipinski definition) is 7. The summed E-state index contributed by atoms with van der Waals surface area (Å²) in [5.41, 5.74) is 2.00. The Balaban J connectivity index is 1.23. The van der Waals surface area contributed by atoms with E-state index >= 15 is 0 Å². The molecule has 0 aromatic carbocycles. The predicted molar refractivity (Wildman–Crippen MR) is 151 cm³/mol. The van der Waals surface area contributed by atoms with Crippen LogP contribution < -0.4 is 15.5 Å². The predicted octanol–water partition coefficient (Wildman–Crippen LogP) is 3.96. The van der Waals surface area contributed by atoms with Crippen LogP contribution >= 0.6 is 0 Å². The quantitative estimate of drug-likeness (QED) is 0.497. The lowest BCUT2D eigenvalue weighted by molar-refractivity contribution is -0.132. The van der Waals surface area contributed by atoms with Gasteiger partial charge in [0.1, 0.15) is 17.2 Å². The van der Waals surface area contributed by atoms with E-state index in [1.165, 1.54) is 25.7 Å². The zero-order chi connectivity index (χ0) is 27.0. The third-order valence-corrected chi connectivity index (χ3v) is 8.77. The highest BCUT2D eigenvalue weighted by molar-refractivity contribution is 5.99.